The molecule has 102 valence electrons. The zero-order valence-corrected chi connectivity index (χ0v) is 12.8. The van der Waals surface area contributed by atoms with Gasteiger partial charge in [-0.05, 0) is 59.0 Å². The van der Waals surface area contributed by atoms with Gasteiger partial charge in [0.1, 0.15) is 5.75 Å². The van der Waals surface area contributed by atoms with E-state index in [2.05, 4.69) is 33.2 Å². The zero-order valence-electron chi connectivity index (χ0n) is 10.6. The molecule has 0 radical (unpaired) electrons. The minimum atomic E-state index is -0.524. The van der Waals surface area contributed by atoms with E-state index in [1.807, 2.05) is 48.5 Å². The number of benzene rings is 2. The van der Waals surface area contributed by atoms with Gasteiger partial charge >= 0.3 is 0 Å². The lowest BCUT2D eigenvalue weighted by atomic mass is 10.2. The number of hydrogen-bond acceptors (Lipinski definition) is 3. The van der Waals surface area contributed by atoms with E-state index < -0.39 is 6.10 Å². The highest BCUT2D eigenvalue weighted by Gasteiger charge is 2.25. The Bertz CT molecular complexity index is 628. The lowest BCUT2D eigenvalue weighted by Crippen LogP contribution is -2.41. The van der Waals surface area contributed by atoms with E-state index >= 15 is 0 Å². The number of hydrogen-bond donors (Lipinski definition) is 2. The summed E-state index contributed by atoms with van der Waals surface area (Å²) in [6.07, 6.45) is -0.524. The van der Waals surface area contributed by atoms with Crippen molar-refractivity contribution in [2.24, 2.45) is 0 Å². The second kappa shape index (κ2) is 5.70. The molecule has 3 rings (SSSR count). The van der Waals surface area contributed by atoms with Gasteiger partial charge in [-0.2, -0.15) is 0 Å². The molecule has 1 aliphatic heterocycles. The van der Waals surface area contributed by atoms with Crippen LogP contribution in [0.4, 0.5) is 11.4 Å². The van der Waals surface area contributed by atoms with E-state index in [0.29, 0.717) is 12.3 Å². The average Bonchev–Trinajstić information content (AvgIpc) is 2.49. The number of rotatable bonds is 2. The first-order valence-corrected chi connectivity index (χ1v) is 7.36. The molecule has 0 saturated heterocycles. The molecule has 0 bridgehead atoms. The minimum absolute atomic E-state index is 0.145. The van der Waals surface area contributed by atoms with E-state index in [1.54, 1.807) is 0 Å². The molecule has 1 amide bonds. The van der Waals surface area contributed by atoms with Crippen LogP contribution >= 0.6 is 22.6 Å². The molecule has 1 atom stereocenters. The number of carbonyl (C=O) groups excluding carboxylic acids is 1. The van der Waals surface area contributed by atoms with Crippen molar-refractivity contribution < 1.29 is 9.53 Å². The fourth-order valence-corrected chi connectivity index (χ4v) is 2.37. The van der Waals surface area contributed by atoms with Crippen LogP contribution in [0.25, 0.3) is 0 Å². The summed E-state index contributed by atoms with van der Waals surface area (Å²) >= 11 is 2.23. The van der Waals surface area contributed by atoms with E-state index in [-0.39, 0.29) is 5.91 Å². The molecular formula is C15H13IN2O2. The molecule has 0 spiro atoms. The molecule has 2 aromatic carbocycles. The van der Waals surface area contributed by atoms with Crippen LogP contribution in [0.5, 0.6) is 5.75 Å². The van der Waals surface area contributed by atoms with Crippen molar-refractivity contribution >= 4 is 39.9 Å². The Kier molecular flexibility index (Phi) is 3.77. The maximum Gasteiger partial charge on any atom is 0.267 e. The molecule has 2 aromatic rings. The van der Waals surface area contributed by atoms with Crippen LogP contribution in [0.2, 0.25) is 0 Å². The Morgan fingerprint density at radius 3 is 2.75 bits per heavy atom. The largest absolute Gasteiger partial charge is 0.477 e. The number of carbonyl (C=O) groups is 1. The SMILES string of the molecule is O=C(Nc1ccc(I)cc1)C1CNc2ccccc2O1. The highest BCUT2D eigenvalue weighted by molar-refractivity contribution is 14.1. The molecule has 0 saturated carbocycles. The van der Waals surface area contributed by atoms with Crippen LogP contribution in [-0.4, -0.2) is 18.6 Å². The molecule has 0 fully saturated rings. The molecule has 1 aliphatic rings. The van der Waals surface area contributed by atoms with Gasteiger partial charge in [-0.25, -0.2) is 0 Å². The maximum absolute atomic E-state index is 12.2. The van der Waals surface area contributed by atoms with Gasteiger partial charge in [0.15, 0.2) is 6.10 Å². The number of halogens is 1. The van der Waals surface area contributed by atoms with Crippen molar-refractivity contribution in [3.63, 3.8) is 0 Å². The molecule has 20 heavy (non-hydrogen) atoms. The van der Waals surface area contributed by atoms with Gasteiger partial charge in [-0.1, -0.05) is 12.1 Å². The molecular weight excluding hydrogens is 367 g/mol. The number of nitrogens with one attached hydrogen (secondary N) is 2. The van der Waals surface area contributed by atoms with Crippen LogP contribution in [-0.2, 0) is 4.79 Å². The third-order valence-electron chi connectivity index (χ3n) is 3.04. The number of fused-ring (bicyclic) bond motifs is 1. The van der Waals surface area contributed by atoms with Crippen molar-refractivity contribution in [3.8, 4) is 5.75 Å². The Labute approximate surface area is 130 Å². The van der Waals surface area contributed by atoms with Crippen molar-refractivity contribution in [1.82, 2.24) is 0 Å². The van der Waals surface area contributed by atoms with Gasteiger partial charge in [0.25, 0.3) is 5.91 Å². The van der Waals surface area contributed by atoms with E-state index in [9.17, 15) is 4.79 Å². The predicted octanol–water partition coefficient (Wildman–Crippen LogP) is 3.10. The van der Waals surface area contributed by atoms with Crippen LogP contribution in [0.15, 0.2) is 48.5 Å². The summed E-state index contributed by atoms with van der Waals surface area (Å²) in [7, 11) is 0. The topological polar surface area (TPSA) is 50.4 Å². The molecule has 1 heterocycles. The summed E-state index contributed by atoms with van der Waals surface area (Å²) in [5.74, 6) is 0.565. The summed E-state index contributed by atoms with van der Waals surface area (Å²) in [4.78, 5) is 12.2. The number of ether oxygens (including phenoxy) is 1. The van der Waals surface area contributed by atoms with E-state index in [4.69, 9.17) is 4.74 Å². The molecule has 0 aliphatic carbocycles. The quantitative estimate of drug-likeness (QED) is 0.788. The molecule has 0 aromatic heterocycles. The smallest absolute Gasteiger partial charge is 0.267 e. The maximum atomic E-state index is 12.2. The first-order valence-electron chi connectivity index (χ1n) is 6.28. The highest BCUT2D eigenvalue weighted by Crippen LogP contribution is 2.28. The van der Waals surface area contributed by atoms with Crippen molar-refractivity contribution in [1.29, 1.82) is 0 Å². The van der Waals surface area contributed by atoms with Crippen LogP contribution in [0.3, 0.4) is 0 Å². The van der Waals surface area contributed by atoms with Gasteiger partial charge < -0.3 is 15.4 Å². The van der Waals surface area contributed by atoms with Gasteiger partial charge in [0.2, 0.25) is 0 Å². The number of anilines is 2. The normalized spacial score (nSPS) is 16.6. The second-order valence-corrected chi connectivity index (χ2v) is 5.73. The van der Waals surface area contributed by atoms with Gasteiger partial charge in [0, 0.05) is 9.26 Å². The van der Waals surface area contributed by atoms with Crippen molar-refractivity contribution in [2.45, 2.75) is 6.10 Å². The minimum Gasteiger partial charge on any atom is -0.477 e. The summed E-state index contributed by atoms with van der Waals surface area (Å²) in [5, 5.41) is 6.06. The van der Waals surface area contributed by atoms with Gasteiger partial charge in [0.05, 0.1) is 12.2 Å². The molecule has 1 unspecified atom stereocenters. The highest BCUT2D eigenvalue weighted by atomic mass is 127. The fourth-order valence-electron chi connectivity index (χ4n) is 2.02. The second-order valence-electron chi connectivity index (χ2n) is 4.48. The third-order valence-corrected chi connectivity index (χ3v) is 3.76. The van der Waals surface area contributed by atoms with E-state index in [1.165, 1.54) is 0 Å². The summed E-state index contributed by atoms with van der Waals surface area (Å²) in [6, 6.07) is 15.3. The summed E-state index contributed by atoms with van der Waals surface area (Å²) < 4.78 is 6.84. The Morgan fingerprint density at radius 2 is 1.95 bits per heavy atom. The van der Waals surface area contributed by atoms with E-state index in [0.717, 1.165) is 14.9 Å². The standard InChI is InChI=1S/C15H13IN2O2/c16-10-5-7-11(8-6-10)18-15(19)14-9-17-12-3-1-2-4-13(12)20-14/h1-8,14,17H,9H2,(H,18,19). The Balaban J connectivity index is 1.68. The molecule has 5 heteroatoms. The van der Waals surface area contributed by atoms with Crippen LogP contribution in [0.1, 0.15) is 0 Å². The molecule has 2 N–H and O–H groups in total. The lowest BCUT2D eigenvalue weighted by molar-refractivity contribution is -0.122. The van der Waals surface area contributed by atoms with Crippen molar-refractivity contribution in [2.75, 3.05) is 17.2 Å². The van der Waals surface area contributed by atoms with Gasteiger partial charge in [-0.15, -0.1) is 0 Å². The zero-order chi connectivity index (χ0) is 13.9. The first kappa shape index (κ1) is 13.2. The molecule has 4 nitrogen and oxygen atoms in total. The fraction of sp³-hybridized carbons (Fsp3) is 0.133. The lowest BCUT2D eigenvalue weighted by Gasteiger charge is -2.26. The van der Waals surface area contributed by atoms with Crippen LogP contribution in [0, 0.1) is 3.57 Å². The summed E-state index contributed by atoms with van der Waals surface area (Å²) in [6.45, 7) is 0.465. The van der Waals surface area contributed by atoms with Crippen molar-refractivity contribution in [3.05, 3.63) is 52.1 Å². The van der Waals surface area contributed by atoms with Gasteiger partial charge in [-0.3, -0.25) is 4.79 Å². The summed E-state index contributed by atoms with van der Waals surface area (Å²) in [5.41, 5.74) is 1.70. The average molecular weight is 380 g/mol. The number of amides is 1. The first-order chi connectivity index (χ1) is 9.72. The Morgan fingerprint density at radius 1 is 1.20 bits per heavy atom. The monoisotopic (exact) mass is 380 g/mol. The third kappa shape index (κ3) is 2.87. The van der Waals surface area contributed by atoms with Crippen LogP contribution < -0.4 is 15.4 Å². The predicted molar refractivity (Wildman–Crippen MR) is 87.1 cm³/mol. The Hall–Kier alpha value is -1.76. The number of para-hydroxylation sites is 2.